The average Bonchev–Trinajstić information content (AvgIpc) is 3.06. The van der Waals surface area contributed by atoms with Crippen molar-refractivity contribution in [1.29, 1.82) is 0 Å². The Morgan fingerprint density at radius 3 is 1.41 bits per heavy atom. The Morgan fingerprint density at radius 1 is 0.612 bits per heavy atom. The number of esters is 2. The van der Waals surface area contributed by atoms with Gasteiger partial charge in [-0.3, -0.25) is 9.59 Å². The Bertz CT molecular complexity index is 1180. The molecule has 0 aromatic carbocycles. The minimum Gasteiger partial charge on any atom is -0.463 e. The molecule has 0 amide bonds. The van der Waals surface area contributed by atoms with Gasteiger partial charge in [0.1, 0.15) is 13.2 Å². The lowest BCUT2D eigenvalue weighted by atomic mass is 9.45. The van der Waals surface area contributed by atoms with E-state index in [2.05, 4.69) is 67.5 Å². The van der Waals surface area contributed by atoms with E-state index in [4.69, 9.17) is 14.2 Å². The third-order valence-corrected chi connectivity index (χ3v) is 15.9. The molecule has 0 aromatic rings. The van der Waals surface area contributed by atoms with Crippen molar-refractivity contribution in [3.05, 3.63) is 23.3 Å². The summed E-state index contributed by atoms with van der Waals surface area (Å²) in [6.45, 7) is 19.9. The Labute approximate surface area is 299 Å². The molecule has 10 unspecified atom stereocenters. The molecular formula is C44H70O5. The second kappa shape index (κ2) is 14.4. The van der Waals surface area contributed by atoms with Gasteiger partial charge < -0.3 is 14.2 Å². The van der Waals surface area contributed by atoms with Gasteiger partial charge in [0.2, 0.25) is 0 Å². The molecule has 0 bridgehead atoms. The van der Waals surface area contributed by atoms with Crippen molar-refractivity contribution in [2.24, 2.45) is 69.0 Å². The fourth-order valence-corrected chi connectivity index (χ4v) is 13.0. The van der Waals surface area contributed by atoms with Gasteiger partial charge in [0.05, 0.1) is 24.0 Å². The number of carbonyl (C=O) groups is 2. The molecule has 6 rings (SSSR count). The van der Waals surface area contributed by atoms with E-state index in [9.17, 15) is 9.59 Å². The molecule has 0 aromatic heterocycles. The summed E-state index contributed by atoms with van der Waals surface area (Å²) >= 11 is 0. The highest BCUT2D eigenvalue weighted by atomic mass is 16.6. The number of carbonyl (C=O) groups excluding carboxylic acids is 2. The zero-order chi connectivity index (χ0) is 35.2. The number of hydrogen-bond acceptors (Lipinski definition) is 5. The molecule has 0 radical (unpaired) electrons. The molecule has 4 saturated carbocycles. The van der Waals surface area contributed by atoms with E-state index < -0.39 is 10.8 Å². The van der Waals surface area contributed by atoms with Crippen LogP contribution in [0.5, 0.6) is 0 Å². The molecule has 10 atom stereocenters. The molecule has 49 heavy (non-hydrogen) atoms. The van der Waals surface area contributed by atoms with Gasteiger partial charge in [-0.2, -0.15) is 0 Å². The lowest BCUT2D eigenvalue weighted by molar-refractivity contribution is -0.174. The summed E-state index contributed by atoms with van der Waals surface area (Å²) in [7, 11) is 0. The smallest absolute Gasteiger partial charge is 0.312 e. The first-order valence-corrected chi connectivity index (χ1v) is 20.6. The SMILES string of the molecule is CC(C)C1C=C2CCC3C(C)(C(=O)OCCOCCOC(=O)C4(C)CCCC5(C)C6CCC(C(C)C)C=C6CCC45)CCCC3(C)C2CC1. The summed E-state index contributed by atoms with van der Waals surface area (Å²) in [6.07, 6.45) is 21.2. The summed E-state index contributed by atoms with van der Waals surface area (Å²) < 4.78 is 17.7. The highest BCUT2D eigenvalue weighted by molar-refractivity contribution is 5.78. The van der Waals surface area contributed by atoms with E-state index in [-0.39, 0.29) is 36.0 Å². The Kier molecular flexibility index (Phi) is 10.9. The van der Waals surface area contributed by atoms with Crippen molar-refractivity contribution >= 4 is 11.9 Å². The van der Waals surface area contributed by atoms with Gasteiger partial charge in [-0.25, -0.2) is 0 Å². The topological polar surface area (TPSA) is 61.8 Å². The Hall–Kier alpha value is -1.62. The Morgan fingerprint density at radius 2 is 1.02 bits per heavy atom. The van der Waals surface area contributed by atoms with Crippen molar-refractivity contribution in [1.82, 2.24) is 0 Å². The molecule has 0 heterocycles. The van der Waals surface area contributed by atoms with Crippen LogP contribution in [-0.4, -0.2) is 38.4 Å². The molecule has 0 spiro atoms. The van der Waals surface area contributed by atoms with Gasteiger partial charge >= 0.3 is 11.9 Å². The third kappa shape index (κ3) is 6.74. The molecule has 0 saturated heterocycles. The van der Waals surface area contributed by atoms with Crippen LogP contribution in [0, 0.1) is 69.0 Å². The second-order valence-corrected chi connectivity index (χ2v) is 19.2. The molecule has 5 nitrogen and oxygen atoms in total. The zero-order valence-corrected chi connectivity index (χ0v) is 32.5. The van der Waals surface area contributed by atoms with E-state index in [1.165, 1.54) is 38.5 Å². The molecule has 4 fully saturated rings. The lowest BCUT2D eigenvalue weighted by Crippen LogP contribution is -2.54. The van der Waals surface area contributed by atoms with Crippen LogP contribution in [-0.2, 0) is 23.8 Å². The molecule has 6 aliphatic rings. The van der Waals surface area contributed by atoms with Crippen LogP contribution in [0.4, 0.5) is 0 Å². The lowest BCUT2D eigenvalue weighted by Gasteiger charge is -2.58. The van der Waals surface area contributed by atoms with E-state index >= 15 is 0 Å². The number of hydrogen-bond donors (Lipinski definition) is 0. The minimum absolute atomic E-state index is 0.0433. The minimum atomic E-state index is -0.434. The molecular weight excluding hydrogens is 608 g/mol. The van der Waals surface area contributed by atoms with Crippen LogP contribution in [0.1, 0.15) is 145 Å². The molecule has 276 valence electrons. The van der Waals surface area contributed by atoms with Gasteiger partial charge in [-0.05, 0) is 149 Å². The Balaban J connectivity index is 0.958. The van der Waals surface area contributed by atoms with Crippen LogP contribution < -0.4 is 0 Å². The number of rotatable bonds is 10. The van der Waals surface area contributed by atoms with Crippen molar-refractivity contribution < 1.29 is 23.8 Å². The van der Waals surface area contributed by atoms with E-state index in [0.717, 1.165) is 51.4 Å². The number of fused-ring (bicyclic) bond motifs is 6. The molecule has 6 aliphatic carbocycles. The van der Waals surface area contributed by atoms with Crippen molar-refractivity contribution in [2.45, 2.75) is 145 Å². The summed E-state index contributed by atoms with van der Waals surface area (Å²) in [5.74, 6) is 4.69. The summed E-state index contributed by atoms with van der Waals surface area (Å²) in [5.41, 5.74) is 2.84. The van der Waals surface area contributed by atoms with Crippen LogP contribution in [0.2, 0.25) is 0 Å². The highest BCUT2D eigenvalue weighted by Gasteiger charge is 2.60. The van der Waals surface area contributed by atoms with Crippen LogP contribution in [0.3, 0.4) is 0 Å². The highest BCUT2D eigenvalue weighted by Crippen LogP contribution is 2.65. The number of allylic oxidation sites excluding steroid dienone is 4. The molecule has 5 heteroatoms. The second-order valence-electron chi connectivity index (χ2n) is 19.2. The average molecular weight is 679 g/mol. The van der Waals surface area contributed by atoms with E-state index in [1.807, 2.05) is 0 Å². The fraction of sp³-hybridized carbons (Fsp3) is 0.864. The molecule has 0 aliphatic heterocycles. The third-order valence-electron chi connectivity index (χ3n) is 15.9. The predicted molar refractivity (Wildman–Crippen MR) is 197 cm³/mol. The van der Waals surface area contributed by atoms with Crippen LogP contribution in [0.25, 0.3) is 0 Å². The van der Waals surface area contributed by atoms with Crippen LogP contribution >= 0.6 is 0 Å². The first kappa shape index (κ1) is 37.1. The first-order valence-electron chi connectivity index (χ1n) is 20.6. The largest absolute Gasteiger partial charge is 0.463 e. The maximum atomic E-state index is 13.7. The normalized spacial score (nSPS) is 41.8. The zero-order valence-electron chi connectivity index (χ0n) is 32.5. The van der Waals surface area contributed by atoms with Crippen molar-refractivity contribution in [3.8, 4) is 0 Å². The number of ether oxygens (including phenoxy) is 3. The summed E-state index contributed by atoms with van der Waals surface area (Å²) in [4.78, 5) is 27.4. The van der Waals surface area contributed by atoms with E-state index in [0.29, 0.717) is 60.6 Å². The monoisotopic (exact) mass is 679 g/mol. The van der Waals surface area contributed by atoms with Gasteiger partial charge in [0.25, 0.3) is 0 Å². The van der Waals surface area contributed by atoms with E-state index in [1.54, 1.807) is 11.1 Å². The predicted octanol–water partition coefficient (Wildman–Crippen LogP) is 10.5. The van der Waals surface area contributed by atoms with Gasteiger partial charge in [0, 0.05) is 0 Å². The van der Waals surface area contributed by atoms with Crippen LogP contribution in [0.15, 0.2) is 23.3 Å². The van der Waals surface area contributed by atoms with Gasteiger partial charge in [-0.1, -0.05) is 77.7 Å². The van der Waals surface area contributed by atoms with Crippen molar-refractivity contribution in [3.63, 3.8) is 0 Å². The fourth-order valence-electron chi connectivity index (χ4n) is 13.0. The maximum Gasteiger partial charge on any atom is 0.312 e. The summed E-state index contributed by atoms with van der Waals surface area (Å²) in [5, 5.41) is 0. The van der Waals surface area contributed by atoms with Gasteiger partial charge in [0.15, 0.2) is 0 Å². The summed E-state index contributed by atoms with van der Waals surface area (Å²) in [6, 6.07) is 0. The molecule has 0 N–H and O–H groups in total. The maximum absolute atomic E-state index is 13.7. The first-order chi connectivity index (χ1) is 23.2. The standard InChI is InChI=1S/C44H70O5/c1-29(2)31-11-15-35-33(27-31)13-17-37-41(35,5)19-9-21-43(37,7)39(45)48-25-23-47-24-26-49-40(46)44(8)22-10-20-42(6)36-16-12-32(30(3)4)28-34(36)14-18-38(42)44/h27-32,35-38H,9-26H2,1-8H3. The quantitative estimate of drug-likeness (QED) is 0.131. The van der Waals surface area contributed by atoms with Gasteiger partial charge in [-0.15, -0.1) is 0 Å². The van der Waals surface area contributed by atoms with Crippen molar-refractivity contribution in [2.75, 3.05) is 26.4 Å².